The van der Waals surface area contributed by atoms with Crippen LogP contribution in [0.25, 0.3) is 10.9 Å². The molecule has 2 heterocycles. The predicted molar refractivity (Wildman–Crippen MR) is 128 cm³/mol. The van der Waals surface area contributed by atoms with E-state index in [9.17, 15) is 19.5 Å². The average Bonchev–Trinajstić information content (AvgIpc) is 2.80. The molecule has 0 saturated heterocycles. The molecule has 0 amide bonds. The number of aliphatic carboxylic acids is 1. The summed E-state index contributed by atoms with van der Waals surface area (Å²) in [6, 6.07) is 16.9. The fraction of sp³-hybridized carbons (Fsp3) is 0.240. The fourth-order valence-corrected chi connectivity index (χ4v) is 3.58. The standard InChI is InChI=1S/C25H25N5O4/c1-15-4-7-18(8-5-15)14-29-23(28-24(33)30(25(29)34)13-16(2)22(31)32)27-20-10-11-21-19(12-20)9-6-17(3)26-21/h4-12,16H,13-14H2,1-3H3,(H,31,32)(H,27,28,33)/t16-/m0/s1. The molecule has 0 fully saturated rings. The Kier molecular flexibility index (Phi) is 6.27. The number of carbonyl (C=O) groups is 1. The van der Waals surface area contributed by atoms with E-state index in [1.54, 1.807) is 6.07 Å². The summed E-state index contributed by atoms with van der Waals surface area (Å²) in [7, 11) is 0. The minimum absolute atomic E-state index is 0.0780. The van der Waals surface area contributed by atoms with Gasteiger partial charge in [0.25, 0.3) is 0 Å². The smallest absolute Gasteiger partial charge is 0.335 e. The zero-order valence-electron chi connectivity index (χ0n) is 19.1. The van der Waals surface area contributed by atoms with E-state index in [1.165, 1.54) is 11.5 Å². The molecule has 0 bridgehead atoms. The van der Waals surface area contributed by atoms with E-state index >= 15 is 0 Å². The normalized spacial score (nSPS) is 12.7. The molecule has 0 unspecified atom stereocenters. The summed E-state index contributed by atoms with van der Waals surface area (Å²) >= 11 is 0. The fourth-order valence-electron chi connectivity index (χ4n) is 3.58. The van der Waals surface area contributed by atoms with Crippen molar-refractivity contribution in [3.8, 4) is 0 Å². The van der Waals surface area contributed by atoms with Crippen LogP contribution in [0.4, 0.5) is 5.69 Å². The van der Waals surface area contributed by atoms with Crippen molar-refractivity contribution in [3.05, 3.63) is 98.0 Å². The van der Waals surface area contributed by atoms with Crippen LogP contribution in [0.1, 0.15) is 23.7 Å². The number of fused-ring (bicyclic) bond motifs is 1. The second-order valence-electron chi connectivity index (χ2n) is 8.40. The van der Waals surface area contributed by atoms with Gasteiger partial charge in [-0.1, -0.05) is 42.8 Å². The Balaban J connectivity index is 1.89. The molecule has 2 aromatic heterocycles. The molecule has 2 N–H and O–H groups in total. The van der Waals surface area contributed by atoms with Crippen LogP contribution in [0, 0.1) is 19.8 Å². The Hall–Kier alpha value is -4.27. The number of hydrogen-bond donors (Lipinski definition) is 2. The zero-order valence-corrected chi connectivity index (χ0v) is 19.1. The predicted octanol–water partition coefficient (Wildman–Crippen LogP) is 2.50. The molecule has 0 aliphatic rings. The van der Waals surface area contributed by atoms with Crippen molar-refractivity contribution >= 4 is 22.6 Å². The highest BCUT2D eigenvalue weighted by atomic mass is 16.4. The topological polar surface area (TPSA) is 122 Å². The third-order valence-corrected chi connectivity index (χ3v) is 5.57. The second kappa shape index (κ2) is 9.30. The number of carboxylic acids is 1. The first kappa shape index (κ1) is 22.9. The van der Waals surface area contributed by atoms with Crippen molar-refractivity contribution in [3.63, 3.8) is 0 Å². The molecule has 9 nitrogen and oxygen atoms in total. The van der Waals surface area contributed by atoms with Gasteiger partial charge in [0.05, 0.1) is 23.7 Å². The van der Waals surface area contributed by atoms with E-state index in [-0.39, 0.29) is 18.7 Å². The number of aromatic amines is 1. The van der Waals surface area contributed by atoms with E-state index in [4.69, 9.17) is 0 Å². The molecule has 4 rings (SSSR count). The highest BCUT2D eigenvalue weighted by Crippen LogP contribution is 2.19. The highest BCUT2D eigenvalue weighted by molar-refractivity contribution is 5.81. The number of H-pyrrole nitrogens is 1. The Morgan fingerprint density at radius 3 is 2.50 bits per heavy atom. The van der Waals surface area contributed by atoms with Crippen molar-refractivity contribution in [2.24, 2.45) is 10.9 Å². The second-order valence-corrected chi connectivity index (χ2v) is 8.40. The molecule has 0 aliphatic heterocycles. The van der Waals surface area contributed by atoms with Crippen molar-refractivity contribution in [1.82, 2.24) is 19.1 Å². The summed E-state index contributed by atoms with van der Waals surface area (Å²) < 4.78 is 2.25. The van der Waals surface area contributed by atoms with Crippen LogP contribution in [0.3, 0.4) is 0 Å². The Bertz CT molecular complexity index is 1560. The van der Waals surface area contributed by atoms with Crippen LogP contribution in [-0.2, 0) is 17.9 Å². The van der Waals surface area contributed by atoms with Gasteiger partial charge < -0.3 is 5.11 Å². The average molecular weight is 460 g/mol. The van der Waals surface area contributed by atoms with Gasteiger partial charge in [-0.15, -0.1) is 0 Å². The monoisotopic (exact) mass is 459 g/mol. The van der Waals surface area contributed by atoms with Crippen molar-refractivity contribution < 1.29 is 9.90 Å². The van der Waals surface area contributed by atoms with Crippen LogP contribution in [0.5, 0.6) is 0 Å². The third-order valence-electron chi connectivity index (χ3n) is 5.57. The van der Waals surface area contributed by atoms with Gasteiger partial charge in [0.15, 0.2) is 0 Å². The molecule has 1 atom stereocenters. The highest BCUT2D eigenvalue weighted by Gasteiger charge is 2.17. The van der Waals surface area contributed by atoms with Gasteiger partial charge in [-0.05, 0) is 43.7 Å². The van der Waals surface area contributed by atoms with Crippen molar-refractivity contribution in [2.75, 3.05) is 0 Å². The SMILES string of the molecule is Cc1ccc(Cn2c(=O)n(C[C@H](C)C(=O)O)c(=O)[nH]/c2=N\c2ccc3nc(C)ccc3c2)cc1. The molecular weight excluding hydrogens is 434 g/mol. The Morgan fingerprint density at radius 1 is 1.06 bits per heavy atom. The summed E-state index contributed by atoms with van der Waals surface area (Å²) in [4.78, 5) is 49.1. The van der Waals surface area contributed by atoms with E-state index in [0.29, 0.717) is 5.69 Å². The lowest BCUT2D eigenvalue weighted by Crippen LogP contribution is -2.51. The van der Waals surface area contributed by atoms with Crippen LogP contribution >= 0.6 is 0 Å². The van der Waals surface area contributed by atoms with Gasteiger partial charge in [-0.2, -0.15) is 0 Å². The largest absolute Gasteiger partial charge is 0.481 e. The minimum Gasteiger partial charge on any atom is -0.481 e. The molecule has 2 aromatic carbocycles. The number of aryl methyl sites for hydroxylation is 2. The number of carboxylic acid groups (broad SMARTS) is 1. The summed E-state index contributed by atoms with van der Waals surface area (Å²) in [6.07, 6.45) is 0. The summed E-state index contributed by atoms with van der Waals surface area (Å²) in [6.45, 7) is 5.23. The number of nitrogens with one attached hydrogen (secondary N) is 1. The first-order valence-corrected chi connectivity index (χ1v) is 10.9. The van der Waals surface area contributed by atoms with Crippen LogP contribution in [0.2, 0.25) is 0 Å². The first-order chi connectivity index (χ1) is 16.2. The molecule has 0 saturated carbocycles. The van der Waals surface area contributed by atoms with Crippen molar-refractivity contribution in [1.29, 1.82) is 0 Å². The molecule has 34 heavy (non-hydrogen) atoms. The Labute approximate surface area is 194 Å². The number of hydrogen-bond acceptors (Lipinski definition) is 5. The maximum atomic E-state index is 13.3. The lowest BCUT2D eigenvalue weighted by Gasteiger charge is -2.13. The quantitative estimate of drug-likeness (QED) is 0.459. The molecule has 0 aliphatic carbocycles. The van der Waals surface area contributed by atoms with E-state index in [1.807, 2.05) is 62.4 Å². The van der Waals surface area contributed by atoms with Gasteiger partial charge in [0, 0.05) is 17.6 Å². The summed E-state index contributed by atoms with van der Waals surface area (Å²) in [5, 5.41) is 10.1. The number of benzene rings is 2. The van der Waals surface area contributed by atoms with Gasteiger partial charge >= 0.3 is 17.3 Å². The lowest BCUT2D eigenvalue weighted by molar-refractivity contribution is -0.141. The van der Waals surface area contributed by atoms with Gasteiger partial charge in [-0.25, -0.2) is 19.1 Å². The van der Waals surface area contributed by atoms with Crippen LogP contribution in [0.15, 0.2) is 69.2 Å². The molecule has 174 valence electrons. The first-order valence-electron chi connectivity index (χ1n) is 10.9. The number of nitrogens with zero attached hydrogens (tertiary/aromatic N) is 4. The lowest BCUT2D eigenvalue weighted by atomic mass is 10.1. The van der Waals surface area contributed by atoms with Gasteiger partial charge in [-0.3, -0.25) is 19.3 Å². The maximum absolute atomic E-state index is 13.3. The number of rotatable bonds is 6. The van der Waals surface area contributed by atoms with Gasteiger partial charge in [0.1, 0.15) is 0 Å². The zero-order chi connectivity index (χ0) is 24.4. The Morgan fingerprint density at radius 2 is 1.79 bits per heavy atom. The third kappa shape index (κ3) is 4.88. The van der Waals surface area contributed by atoms with Crippen LogP contribution < -0.4 is 17.0 Å². The van der Waals surface area contributed by atoms with E-state index < -0.39 is 23.3 Å². The number of aromatic nitrogens is 4. The maximum Gasteiger partial charge on any atom is 0.335 e. The number of pyridine rings is 1. The molecule has 0 radical (unpaired) electrons. The molecule has 0 spiro atoms. The molecular formula is C25H25N5O4. The molecule has 4 aromatic rings. The van der Waals surface area contributed by atoms with Crippen LogP contribution in [-0.4, -0.2) is 30.2 Å². The molecule has 9 heteroatoms. The van der Waals surface area contributed by atoms with E-state index in [0.717, 1.165) is 32.3 Å². The summed E-state index contributed by atoms with van der Waals surface area (Å²) in [5.41, 5.74) is 2.91. The minimum atomic E-state index is -1.09. The summed E-state index contributed by atoms with van der Waals surface area (Å²) in [5.74, 6) is -2.00. The van der Waals surface area contributed by atoms with Crippen molar-refractivity contribution in [2.45, 2.75) is 33.9 Å². The van der Waals surface area contributed by atoms with Gasteiger partial charge in [0.2, 0.25) is 5.62 Å². The van der Waals surface area contributed by atoms with E-state index in [2.05, 4.69) is 15.0 Å².